The van der Waals surface area contributed by atoms with E-state index in [1.165, 1.54) is 89.9 Å². The average Bonchev–Trinajstić information content (AvgIpc) is 2.73. The van der Waals surface area contributed by atoms with Crippen LogP contribution in [0.25, 0.3) is 6.08 Å². The summed E-state index contributed by atoms with van der Waals surface area (Å²) in [4.78, 5) is 10.4. The van der Waals surface area contributed by atoms with Crippen molar-refractivity contribution in [3.63, 3.8) is 0 Å². The standard InChI is InChI=1S/C27H44O3/c28-26-23-21-25(22-24-26)19-17-15-13-11-9-7-5-3-1-2-4-6-8-10-12-14-16-18-20-27(29)30/h17,19,21-24,28H,1-16,18,20H2,(H,29,30)/b19-17+. The van der Waals surface area contributed by atoms with Crippen LogP contribution in [-0.2, 0) is 4.79 Å². The van der Waals surface area contributed by atoms with E-state index < -0.39 is 5.97 Å². The number of benzene rings is 1. The minimum atomic E-state index is -0.661. The van der Waals surface area contributed by atoms with Gasteiger partial charge in [0.25, 0.3) is 0 Å². The highest BCUT2D eigenvalue weighted by Crippen LogP contribution is 2.15. The van der Waals surface area contributed by atoms with Gasteiger partial charge in [-0.25, -0.2) is 0 Å². The number of phenolic OH excluding ortho intramolecular Hbond substituents is 1. The fourth-order valence-corrected chi connectivity index (χ4v) is 3.82. The summed E-state index contributed by atoms with van der Waals surface area (Å²) in [5.74, 6) is -0.337. The molecule has 3 nitrogen and oxygen atoms in total. The Morgan fingerprint density at radius 3 is 1.47 bits per heavy atom. The first-order valence-electron chi connectivity index (χ1n) is 12.4. The summed E-state index contributed by atoms with van der Waals surface area (Å²) in [5.41, 5.74) is 1.15. The van der Waals surface area contributed by atoms with Crippen LogP contribution in [0.2, 0.25) is 0 Å². The van der Waals surface area contributed by atoms with Gasteiger partial charge in [0.05, 0.1) is 0 Å². The first-order valence-corrected chi connectivity index (χ1v) is 12.4. The van der Waals surface area contributed by atoms with Crippen LogP contribution in [0.3, 0.4) is 0 Å². The highest BCUT2D eigenvalue weighted by molar-refractivity contribution is 5.66. The van der Waals surface area contributed by atoms with Crippen LogP contribution in [-0.4, -0.2) is 16.2 Å². The highest BCUT2D eigenvalue weighted by atomic mass is 16.4. The fourth-order valence-electron chi connectivity index (χ4n) is 3.82. The quantitative estimate of drug-likeness (QED) is 0.209. The molecule has 0 heterocycles. The molecule has 2 N–H and O–H groups in total. The van der Waals surface area contributed by atoms with Gasteiger partial charge in [0.15, 0.2) is 0 Å². The van der Waals surface area contributed by atoms with Crippen LogP contribution >= 0.6 is 0 Å². The number of unbranched alkanes of at least 4 members (excludes halogenated alkanes) is 16. The van der Waals surface area contributed by atoms with Crippen LogP contribution < -0.4 is 0 Å². The molecule has 0 unspecified atom stereocenters. The second kappa shape index (κ2) is 19.2. The second-order valence-corrected chi connectivity index (χ2v) is 8.58. The molecule has 0 spiro atoms. The van der Waals surface area contributed by atoms with E-state index in [2.05, 4.69) is 12.2 Å². The third kappa shape index (κ3) is 17.1. The Balaban J connectivity index is 1.73. The van der Waals surface area contributed by atoms with Gasteiger partial charge in [0.2, 0.25) is 0 Å². The van der Waals surface area contributed by atoms with Crippen molar-refractivity contribution < 1.29 is 15.0 Å². The lowest BCUT2D eigenvalue weighted by molar-refractivity contribution is -0.137. The van der Waals surface area contributed by atoms with E-state index in [4.69, 9.17) is 5.11 Å². The van der Waals surface area contributed by atoms with Crippen molar-refractivity contribution in [2.75, 3.05) is 0 Å². The number of aromatic hydroxyl groups is 1. The Kier molecular flexibility index (Phi) is 16.8. The maximum atomic E-state index is 10.4. The zero-order chi connectivity index (χ0) is 21.7. The Morgan fingerprint density at radius 1 is 0.633 bits per heavy atom. The minimum Gasteiger partial charge on any atom is -0.508 e. The molecule has 0 atom stereocenters. The van der Waals surface area contributed by atoms with Gasteiger partial charge in [0.1, 0.15) is 5.75 Å². The van der Waals surface area contributed by atoms with Gasteiger partial charge in [0, 0.05) is 6.42 Å². The van der Waals surface area contributed by atoms with Crippen LogP contribution in [0.4, 0.5) is 0 Å². The first-order chi connectivity index (χ1) is 14.7. The largest absolute Gasteiger partial charge is 0.508 e. The van der Waals surface area contributed by atoms with Gasteiger partial charge in [-0.05, 0) is 37.0 Å². The van der Waals surface area contributed by atoms with Crippen molar-refractivity contribution in [1.82, 2.24) is 0 Å². The summed E-state index contributed by atoms with van der Waals surface area (Å²) in [6.07, 6.45) is 26.6. The number of hydrogen-bond donors (Lipinski definition) is 2. The van der Waals surface area contributed by atoms with Crippen molar-refractivity contribution in [1.29, 1.82) is 0 Å². The lowest BCUT2D eigenvalue weighted by atomic mass is 10.0. The number of carboxylic acid groups (broad SMARTS) is 1. The summed E-state index contributed by atoms with van der Waals surface area (Å²) in [7, 11) is 0. The molecular formula is C27H44O3. The molecule has 0 aromatic heterocycles. The zero-order valence-electron chi connectivity index (χ0n) is 19.0. The highest BCUT2D eigenvalue weighted by Gasteiger charge is 1.97. The summed E-state index contributed by atoms with van der Waals surface area (Å²) in [5, 5.41) is 17.9. The van der Waals surface area contributed by atoms with Gasteiger partial charge in [-0.15, -0.1) is 0 Å². The number of allylic oxidation sites excluding steroid dienone is 1. The van der Waals surface area contributed by atoms with Crippen molar-refractivity contribution in [2.45, 2.75) is 116 Å². The predicted octanol–water partition coefficient (Wildman–Crippen LogP) is 8.51. The van der Waals surface area contributed by atoms with E-state index in [0.717, 1.165) is 24.8 Å². The molecule has 0 fully saturated rings. The van der Waals surface area contributed by atoms with E-state index in [9.17, 15) is 9.90 Å². The monoisotopic (exact) mass is 416 g/mol. The molecule has 0 radical (unpaired) electrons. The second-order valence-electron chi connectivity index (χ2n) is 8.58. The third-order valence-electron chi connectivity index (χ3n) is 5.71. The minimum absolute atomic E-state index is 0.324. The van der Waals surface area contributed by atoms with Gasteiger partial charge in [-0.3, -0.25) is 4.79 Å². The van der Waals surface area contributed by atoms with Crippen LogP contribution in [0, 0.1) is 0 Å². The Morgan fingerprint density at radius 2 is 1.03 bits per heavy atom. The molecule has 0 saturated carbocycles. The number of aliphatic carboxylic acids is 1. The van der Waals surface area contributed by atoms with Gasteiger partial charge in [-0.1, -0.05) is 114 Å². The molecular weight excluding hydrogens is 372 g/mol. The SMILES string of the molecule is O=C(O)CCCCCCCCCCCCCCCCCC/C=C/c1ccc(O)cc1. The molecule has 0 aliphatic heterocycles. The lowest BCUT2D eigenvalue weighted by Crippen LogP contribution is -1.93. The summed E-state index contributed by atoms with van der Waals surface area (Å²) in [6.45, 7) is 0. The molecule has 1 aromatic carbocycles. The molecule has 30 heavy (non-hydrogen) atoms. The van der Waals surface area contributed by atoms with Crippen molar-refractivity contribution >= 4 is 12.0 Å². The van der Waals surface area contributed by atoms with Crippen molar-refractivity contribution in [3.05, 3.63) is 35.9 Å². The van der Waals surface area contributed by atoms with E-state index in [1.807, 2.05) is 12.1 Å². The molecule has 0 aliphatic rings. The molecule has 3 heteroatoms. The maximum Gasteiger partial charge on any atom is 0.303 e. The molecule has 170 valence electrons. The number of hydrogen-bond acceptors (Lipinski definition) is 2. The topological polar surface area (TPSA) is 57.5 Å². The fraction of sp³-hybridized carbons (Fsp3) is 0.667. The van der Waals surface area contributed by atoms with Gasteiger partial charge >= 0.3 is 5.97 Å². The molecule has 0 amide bonds. The number of carbonyl (C=O) groups is 1. The van der Waals surface area contributed by atoms with Crippen LogP contribution in [0.15, 0.2) is 30.3 Å². The summed E-state index contributed by atoms with van der Waals surface area (Å²) in [6, 6.07) is 7.35. The molecule has 0 aliphatic carbocycles. The summed E-state index contributed by atoms with van der Waals surface area (Å²) >= 11 is 0. The van der Waals surface area contributed by atoms with Crippen LogP contribution in [0.1, 0.15) is 121 Å². The van der Waals surface area contributed by atoms with E-state index in [1.54, 1.807) is 12.1 Å². The Labute approximate surface area is 184 Å². The lowest BCUT2D eigenvalue weighted by Gasteiger charge is -2.03. The average molecular weight is 417 g/mol. The predicted molar refractivity (Wildman–Crippen MR) is 128 cm³/mol. The van der Waals surface area contributed by atoms with Crippen LogP contribution in [0.5, 0.6) is 5.75 Å². The number of phenols is 1. The number of rotatable bonds is 20. The molecule has 0 saturated heterocycles. The third-order valence-corrected chi connectivity index (χ3v) is 5.71. The van der Waals surface area contributed by atoms with E-state index in [0.29, 0.717) is 12.2 Å². The maximum absolute atomic E-state index is 10.4. The Bertz CT molecular complexity index is 548. The van der Waals surface area contributed by atoms with Gasteiger partial charge in [-0.2, -0.15) is 0 Å². The van der Waals surface area contributed by atoms with Crippen molar-refractivity contribution in [2.24, 2.45) is 0 Å². The van der Waals surface area contributed by atoms with E-state index >= 15 is 0 Å². The molecule has 1 rings (SSSR count). The first kappa shape index (κ1) is 26.3. The molecule has 1 aromatic rings. The molecule has 0 bridgehead atoms. The Hall–Kier alpha value is -1.77. The number of carboxylic acids is 1. The normalized spacial score (nSPS) is 11.3. The van der Waals surface area contributed by atoms with Crippen molar-refractivity contribution in [3.8, 4) is 5.75 Å². The zero-order valence-corrected chi connectivity index (χ0v) is 19.0. The summed E-state index contributed by atoms with van der Waals surface area (Å²) < 4.78 is 0. The van der Waals surface area contributed by atoms with Gasteiger partial charge < -0.3 is 10.2 Å². The van der Waals surface area contributed by atoms with E-state index in [-0.39, 0.29) is 0 Å². The smallest absolute Gasteiger partial charge is 0.303 e.